The second-order valence-electron chi connectivity index (χ2n) is 9.82. The van der Waals surface area contributed by atoms with Crippen molar-refractivity contribution in [2.75, 3.05) is 6.61 Å². The predicted octanol–water partition coefficient (Wildman–Crippen LogP) is 4.74. The number of oxazole rings is 1. The molecule has 2 aromatic carbocycles. The van der Waals surface area contributed by atoms with Crippen LogP contribution >= 0.6 is 0 Å². The molecule has 0 fully saturated rings. The molecule has 5 rings (SSSR count). The number of amides is 1. The first-order valence-corrected chi connectivity index (χ1v) is 13.7. The van der Waals surface area contributed by atoms with E-state index in [2.05, 4.69) is 35.9 Å². The molecule has 12 nitrogen and oxygen atoms in total. The van der Waals surface area contributed by atoms with Gasteiger partial charge in [0.05, 0.1) is 24.3 Å². The molecule has 45 heavy (non-hydrogen) atoms. The molecule has 0 saturated heterocycles. The number of halogens is 3. The third-order valence-corrected chi connectivity index (χ3v) is 6.66. The maximum atomic E-state index is 13.5. The van der Waals surface area contributed by atoms with E-state index in [1.54, 1.807) is 19.2 Å². The summed E-state index contributed by atoms with van der Waals surface area (Å²) in [5.74, 6) is -1.95. The highest BCUT2D eigenvalue weighted by Gasteiger charge is 2.34. The summed E-state index contributed by atoms with van der Waals surface area (Å²) in [5.41, 5.74) is 1.80. The molecule has 3 aromatic heterocycles. The van der Waals surface area contributed by atoms with Gasteiger partial charge in [-0.1, -0.05) is 48.5 Å². The van der Waals surface area contributed by atoms with Crippen molar-refractivity contribution in [1.29, 1.82) is 0 Å². The highest BCUT2D eigenvalue weighted by atomic mass is 19.4. The monoisotopic (exact) mass is 621 g/mol. The minimum absolute atomic E-state index is 0.0476. The number of H-pyrrole nitrogens is 1. The van der Waals surface area contributed by atoms with Crippen molar-refractivity contribution in [3.63, 3.8) is 0 Å². The van der Waals surface area contributed by atoms with Gasteiger partial charge < -0.3 is 19.6 Å². The predicted molar refractivity (Wildman–Crippen MR) is 152 cm³/mol. The van der Waals surface area contributed by atoms with Crippen LogP contribution in [0.4, 0.5) is 13.2 Å². The van der Waals surface area contributed by atoms with Gasteiger partial charge in [-0.05, 0) is 41.8 Å². The molecule has 1 amide bonds. The van der Waals surface area contributed by atoms with Crippen molar-refractivity contribution in [2.24, 2.45) is 0 Å². The lowest BCUT2D eigenvalue weighted by Gasteiger charge is -2.19. The number of hydrogen-bond donors (Lipinski definition) is 3. The Labute approximate surface area is 253 Å². The lowest BCUT2D eigenvalue weighted by atomic mass is 9.98. The fraction of sp³-hybridized carbons (Fsp3) is 0.233. The molecule has 0 aliphatic heterocycles. The number of nitrogens with zero attached hydrogens (tertiary/aromatic N) is 5. The van der Waals surface area contributed by atoms with Crippen LogP contribution in [0, 0.1) is 0 Å². The maximum absolute atomic E-state index is 13.5. The third kappa shape index (κ3) is 7.49. The van der Waals surface area contributed by atoms with E-state index in [-0.39, 0.29) is 36.7 Å². The van der Waals surface area contributed by atoms with E-state index in [0.717, 1.165) is 17.2 Å². The summed E-state index contributed by atoms with van der Waals surface area (Å²) < 4.78 is 51.8. The fourth-order valence-electron chi connectivity index (χ4n) is 4.72. The molecule has 0 saturated carbocycles. The summed E-state index contributed by atoms with van der Waals surface area (Å²) in [6, 6.07) is 14.6. The molecule has 3 heterocycles. The highest BCUT2D eigenvalue weighted by molar-refractivity contribution is 5.90. The number of ether oxygens (including phenoxy) is 1. The van der Waals surface area contributed by atoms with Crippen molar-refractivity contribution in [3.05, 3.63) is 95.2 Å². The molecule has 232 valence electrons. The van der Waals surface area contributed by atoms with Crippen molar-refractivity contribution in [1.82, 2.24) is 35.9 Å². The number of aliphatic carboxylic acids is 1. The van der Waals surface area contributed by atoms with Crippen LogP contribution < -0.4 is 10.1 Å². The number of carbonyl (C=O) groups excluding carboxylic acids is 1. The lowest BCUT2D eigenvalue weighted by molar-refractivity contribution is -0.138. The Hall–Kier alpha value is -5.60. The Kier molecular flexibility index (Phi) is 9.16. The summed E-state index contributed by atoms with van der Waals surface area (Å²) >= 11 is 0. The molecule has 3 N–H and O–H groups in total. The molecule has 0 aliphatic carbocycles. The number of carboxylic acid groups (broad SMARTS) is 1. The molecule has 1 unspecified atom stereocenters. The van der Waals surface area contributed by atoms with E-state index >= 15 is 0 Å². The van der Waals surface area contributed by atoms with Crippen LogP contribution in [0.1, 0.15) is 46.5 Å². The number of carbonyl (C=O) groups is 2. The van der Waals surface area contributed by atoms with Crippen LogP contribution in [0.3, 0.4) is 0 Å². The zero-order valence-electron chi connectivity index (χ0n) is 23.7. The van der Waals surface area contributed by atoms with Crippen molar-refractivity contribution in [2.45, 2.75) is 38.4 Å². The fourth-order valence-corrected chi connectivity index (χ4v) is 4.72. The van der Waals surface area contributed by atoms with E-state index in [1.807, 2.05) is 30.3 Å². The number of aromatic amines is 1. The maximum Gasteiger partial charge on any atom is 0.416 e. The SMILES string of the molecule is CCOc1nc(C(=O)NC(CC(=O)O)Cc2ccccc2C(F)(F)F)oc1Cc1ccc(-c2ccccc2-c2nn[nH]n2)nc1. The first-order chi connectivity index (χ1) is 21.6. The van der Waals surface area contributed by atoms with E-state index in [9.17, 15) is 27.9 Å². The molecular formula is C30H26F3N7O5. The normalized spacial score (nSPS) is 12.1. The number of aromatic nitrogens is 6. The first kappa shape index (κ1) is 30.8. The Morgan fingerprint density at radius 3 is 2.49 bits per heavy atom. The van der Waals surface area contributed by atoms with E-state index < -0.39 is 42.0 Å². The molecule has 15 heteroatoms. The number of rotatable bonds is 12. The molecule has 0 radical (unpaired) electrons. The van der Waals surface area contributed by atoms with Crippen LogP contribution in [0.2, 0.25) is 0 Å². The number of tetrazole rings is 1. The number of pyridine rings is 1. The second-order valence-corrected chi connectivity index (χ2v) is 9.82. The van der Waals surface area contributed by atoms with Gasteiger partial charge >= 0.3 is 18.1 Å². The number of carboxylic acids is 1. The third-order valence-electron chi connectivity index (χ3n) is 6.66. The Morgan fingerprint density at radius 1 is 1.07 bits per heavy atom. The number of benzene rings is 2. The highest BCUT2D eigenvalue weighted by Crippen LogP contribution is 2.33. The van der Waals surface area contributed by atoms with Crippen molar-refractivity contribution >= 4 is 11.9 Å². The van der Waals surface area contributed by atoms with Gasteiger partial charge in [-0.25, -0.2) is 0 Å². The van der Waals surface area contributed by atoms with Crippen molar-refractivity contribution < 1.29 is 37.0 Å². The first-order valence-electron chi connectivity index (χ1n) is 13.7. The summed E-state index contributed by atoms with van der Waals surface area (Å²) in [6.45, 7) is 1.93. The average Bonchev–Trinajstić information content (AvgIpc) is 3.68. The number of hydrogen-bond acceptors (Lipinski definition) is 9. The number of alkyl halides is 3. The molecule has 5 aromatic rings. The lowest BCUT2D eigenvalue weighted by Crippen LogP contribution is -2.38. The minimum atomic E-state index is -4.65. The smallest absolute Gasteiger partial charge is 0.416 e. The summed E-state index contributed by atoms with van der Waals surface area (Å²) in [5, 5.41) is 25.9. The largest absolute Gasteiger partial charge is 0.481 e. The van der Waals surface area contributed by atoms with Crippen LogP contribution in [0.5, 0.6) is 5.88 Å². The quantitative estimate of drug-likeness (QED) is 0.177. The van der Waals surface area contributed by atoms with Gasteiger partial charge in [0.2, 0.25) is 5.82 Å². The number of nitrogens with one attached hydrogen (secondary N) is 2. The summed E-state index contributed by atoms with van der Waals surface area (Å²) in [7, 11) is 0. The van der Waals surface area contributed by atoms with Gasteiger partial charge in [0.25, 0.3) is 11.8 Å². The molecule has 0 aliphatic rings. The Morgan fingerprint density at radius 2 is 1.82 bits per heavy atom. The van der Waals surface area contributed by atoms with Gasteiger partial charge in [-0.2, -0.15) is 23.4 Å². The van der Waals surface area contributed by atoms with Gasteiger partial charge in [-0.3, -0.25) is 14.6 Å². The molecule has 1 atom stereocenters. The minimum Gasteiger partial charge on any atom is -0.481 e. The zero-order chi connectivity index (χ0) is 32.0. The Bertz CT molecular complexity index is 1770. The van der Waals surface area contributed by atoms with E-state index in [4.69, 9.17) is 9.15 Å². The second kappa shape index (κ2) is 13.4. The van der Waals surface area contributed by atoms with E-state index in [1.165, 1.54) is 18.2 Å². The van der Waals surface area contributed by atoms with Gasteiger partial charge in [0.15, 0.2) is 5.76 Å². The van der Waals surface area contributed by atoms with Crippen LogP contribution in [-0.2, 0) is 23.8 Å². The molecular weight excluding hydrogens is 595 g/mol. The van der Waals surface area contributed by atoms with Crippen molar-refractivity contribution in [3.8, 4) is 28.5 Å². The van der Waals surface area contributed by atoms with Gasteiger partial charge in [-0.15, -0.1) is 10.2 Å². The van der Waals surface area contributed by atoms with Gasteiger partial charge in [0.1, 0.15) is 0 Å². The zero-order valence-corrected chi connectivity index (χ0v) is 23.7. The summed E-state index contributed by atoms with van der Waals surface area (Å²) in [4.78, 5) is 33.3. The average molecular weight is 622 g/mol. The van der Waals surface area contributed by atoms with Crippen LogP contribution in [-0.4, -0.2) is 60.2 Å². The molecule has 0 bridgehead atoms. The Balaban J connectivity index is 1.34. The van der Waals surface area contributed by atoms with Crippen LogP contribution in [0.25, 0.3) is 22.6 Å². The van der Waals surface area contributed by atoms with Gasteiger partial charge in [0, 0.05) is 29.8 Å². The topological polar surface area (TPSA) is 169 Å². The van der Waals surface area contributed by atoms with Crippen LogP contribution in [0.15, 0.2) is 71.3 Å². The molecule has 0 spiro atoms. The van der Waals surface area contributed by atoms with E-state index in [0.29, 0.717) is 17.1 Å². The standard InChI is InChI=1S/C30H26F3N7O5/c1-2-44-28-24(13-17-11-12-23(34-16-17)20-8-4-5-9-21(20)26-37-39-40-38-26)45-29(36-28)27(43)35-19(15-25(41)42)14-18-7-3-6-10-22(18)30(31,32)33/h3-12,16,19H,2,13-15H2,1H3,(H,35,43)(H,41,42)(H,37,38,39,40). The summed E-state index contributed by atoms with van der Waals surface area (Å²) in [6.07, 6.45) is -3.89.